The topological polar surface area (TPSA) is 49.3 Å². The monoisotopic (exact) mass is 265 g/mol. The van der Waals surface area contributed by atoms with Crippen molar-refractivity contribution < 1.29 is 9.90 Å². The van der Waals surface area contributed by atoms with E-state index in [2.05, 4.69) is 23.5 Å². The number of carboxylic acids is 1. The number of aryl methyl sites for hydroxylation is 1. The van der Waals surface area contributed by atoms with Crippen LogP contribution in [0.5, 0.6) is 0 Å². The molecule has 1 atom stereocenters. The van der Waals surface area contributed by atoms with Crippen molar-refractivity contribution >= 4 is 23.4 Å². The predicted octanol–water partition coefficient (Wildman–Crippen LogP) is 3.25. The van der Waals surface area contributed by atoms with Crippen molar-refractivity contribution in [3.8, 4) is 0 Å². The van der Waals surface area contributed by atoms with Gasteiger partial charge in [0.15, 0.2) is 0 Å². The molecule has 1 unspecified atom stereocenters. The van der Waals surface area contributed by atoms with Crippen molar-refractivity contribution in [1.82, 2.24) is 0 Å². The number of rotatable bonds is 5. The van der Waals surface area contributed by atoms with Crippen molar-refractivity contribution in [2.24, 2.45) is 5.92 Å². The Morgan fingerprint density at radius 3 is 3.17 bits per heavy atom. The van der Waals surface area contributed by atoms with Crippen LogP contribution in [0.1, 0.15) is 25.3 Å². The Morgan fingerprint density at radius 2 is 2.39 bits per heavy atom. The molecule has 1 aliphatic rings. The average molecular weight is 265 g/mol. The van der Waals surface area contributed by atoms with Gasteiger partial charge in [-0.15, -0.1) is 11.8 Å². The third-order valence-electron chi connectivity index (χ3n) is 3.09. The standard InChI is InChI=1S/C14H19NO2S/c1-10(7-14(16)17)9-15-12-4-5-13-11(8-12)3-2-6-18-13/h4-5,8,10,15H,2-3,6-7,9H2,1H3,(H,16,17). The summed E-state index contributed by atoms with van der Waals surface area (Å²) in [6.45, 7) is 2.66. The summed E-state index contributed by atoms with van der Waals surface area (Å²) in [5, 5.41) is 12.0. The largest absolute Gasteiger partial charge is 0.481 e. The third-order valence-corrected chi connectivity index (χ3v) is 4.29. The van der Waals surface area contributed by atoms with E-state index in [1.807, 2.05) is 18.7 Å². The molecule has 3 nitrogen and oxygen atoms in total. The first kappa shape index (κ1) is 13.3. The van der Waals surface area contributed by atoms with Crippen LogP contribution in [0.25, 0.3) is 0 Å². The number of carbonyl (C=O) groups is 1. The number of thioether (sulfide) groups is 1. The molecule has 1 aromatic carbocycles. The van der Waals surface area contributed by atoms with Gasteiger partial charge in [-0.2, -0.15) is 0 Å². The van der Waals surface area contributed by atoms with Crippen LogP contribution in [-0.4, -0.2) is 23.4 Å². The van der Waals surface area contributed by atoms with Gasteiger partial charge in [-0.1, -0.05) is 6.92 Å². The highest BCUT2D eigenvalue weighted by Crippen LogP contribution is 2.31. The third kappa shape index (κ3) is 3.67. The lowest BCUT2D eigenvalue weighted by molar-refractivity contribution is -0.137. The maximum Gasteiger partial charge on any atom is 0.303 e. The Labute approximate surface area is 112 Å². The van der Waals surface area contributed by atoms with Crippen LogP contribution in [-0.2, 0) is 11.2 Å². The van der Waals surface area contributed by atoms with Crippen molar-refractivity contribution in [3.63, 3.8) is 0 Å². The van der Waals surface area contributed by atoms with E-state index in [1.165, 1.54) is 22.6 Å². The molecule has 0 radical (unpaired) electrons. The molecular weight excluding hydrogens is 246 g/mol. The molecule has 0 spiro atoms. The number of hydrogen-bond donors (Lipinski definition) is 2. The highest BCUT2D eigenvalue weighted by Gasteiger charge is 2.11. The van der Waals surface area contributed by atoms with Crippen LogP contribution >= 0.6 is 11.8 Å². The fourth-order valence-electron chi connectivity index (χ4n) is 2.13. The van der Waals surface area contributed by atoms with Crippen LogP contribution in [0, 0.1) is 5.92 Å². The van der Waals surface area contributed by atoms with Crippen molar-refractivity contribution in [3.05, 3.63) is 23.8 Å². The average Bonchev–Trinajstić information content (AvgIpc) is 2.35. The highest BCUT2D eigenvalue weighted by atomic mass is 32.2. The van der Waals surface area contributed by atoms with E-state index in [4.69, 9.17) is 5.11 Å². The van der Waals surface area contributed by atoms with E-state index in [9.17, 15) is 4.79 Å². The molecule has 18 heavy (non-hydrogen) atoms. The second-order valence-electron chi connectivity index (χ2n) is 4.86. The maximum absolute atomic E-state index is 10.6. The summed E-state index contributed by atoms with van der Waals surface area (Å²) in [6.07, 6.45) is 2.62. The maximum atomic E-state index is 10.6. The lowest BCUT2D eigenvalue weighted by Gasteiger charge is -2.17. The Kier molecular flexibility index (Phi) is 4.53. The van der Waals surface area contributed by atoms with E-state index in [0.717, 1.165) is 12.1 Å². The summed E-state index contributed by atoms with van der Waals surface area (Å²) in [5.41, 5.74) is 2.52. The molecule has 0 saturated heterocycles. The van der Waals surface area contributed by atoms with Gasteiger partial charge in [0.1, 0.15) is 0 Å². The second-order valence-corrected chi connectivity index (χ2v) is 6.00. The van der Waals surface area contributed by atoms with Crippen LogP contribution in [0.2, 0.25) is 0 Å². The first-order valence-corrected chi connectivity index (χ1v) is 7.35. The SMILES string of the molecule is CC(CNc1ccc2c(c1)CCCS2)CC(=O)O. The molecule has 98 valence electrons. The number of carboxylic acid groups (broad SMARTS) is 1. The molecule has 4 heteroatoms. The van der Waals surface area contributed by atoms with Crippen molar-refractivity contribution in [1.29, 1.82) is 0 Å². The van der Waals surface area contributed by atoms with Gasteiger partial charge in [0.05, 0.1) is 0 Å². The van der Waals surface area contributed by atoms with Gasteiger partial charge >= 0.3 is 5.97 Å². The minimum atomic E-state index is -0.730. The molecular formula is C14H19NO2S. The molecule has 0 aliphatic carbocycles. The zero-order valence-electron chi connectivity index (χ0n) is 10.6. The Balaban J connectivity index is 1.91. The van der Waals surface area contributed by atoms with Gasteiger partial charge in [-0.25, -0.2) is 0 Å². The second kappa shape index (κ2) is 6.14. The zero-order valence-corrected chi connectivity index (χ0v) is 11.4. The van der Waals surface area contributed by atoms with Crippen LogP contribution < -0.4 is 5.32 Å². The normalized spacial score (nSPS) is 15.8. The molecule has 0 fully saturated rings. The number of anilines is 1. The quantitative estimate of drug-likeness (QED) is 0.858. The lowest BCUT2D eigenvalue weighted by Crippen LogP contribution is -2.15. The molecule has 0 saturated carbocycles. The summed E-state index contributed by atoms with van der Waals surface area (Å²) in [5.74, 6) is 0.633. The number of hydrogen-bond acceptors (Lipinski definition) is 3. The van der Waals surface area contributed by atoms with Gasteiger partial charge in [0.2, 0.25) is 0 Å². The molecule has 1 aliphatic heterocycles. The number of benzene rings is 1. The minimum absolute atomic E-state index is 0.146. The molecule has 1 heterocycles. The first-order chi connectivity index (χ1) is 8.65. The van der Waals surface area contributed by atoms with E-state index in [-0.39, 0.29) is 12.3 Å². The fourth-order valence-corrected chi connectivity index (χ4v) is 3.15. The first-order valence-electron chi connectivity index (χ1n) is 6.36. The smallest absolute Gasteiger partial charge is 0.303 e. The lowest BCUT2D eigenvalue weighted by atomic mass is 10.1. The van der Waals surface area contributed by atoms with Gasteiger partial charge < -0.3 is 10.4 Å². The zero-order chi connectivity index (χ0) is 13.0. The molecule has 0 amide bonds. The fraction of sp³-hybridized carbons (Fsp3) is 0.500. The van der Waals surface area contributed by atoms with E-state index < -0.39 is 5.97 Å². The summed E-state index contributed by atoms with van der Waals surface area (Å²) in [6, 6.07) is 6.46. The molecule has 0 bridgehead atoms. The van der Waals surface area contributed by atoms with Crippen molar-refractivity contribution in [2.45, 2.75) is 31.1 Å². The number of fused-ring (bicyclic) bond motifs is 1. The molecule has 1 aromatic rings. The highest BCUT2D eigenvalue weighted by molar-refractivity contribution is 7.99. The van der Waals surface area contributed by atoms with Crippen LogP contribution in [0.15, 0.2) is 23.1 Å². The van der Waals surface area contributed by atoms with E-state index in [0.29, 0.717) is 6.54 Å². The Bertz CT molecular complexity index is 434. The summed E-state index contributed by atoms with van der Waals surface area (Å²) >= 11 is 1.92. The summed E-state index contributed by atoms with van der Waals surface area (Å²) in [4.78, 5) is 12.0. The van der Waals surface area contributed by atoms with E-state index >= 15 is 0 Å². The van der Waals surface area contributed by atoms with Gasteiger partial charge in [0, 0.05) is 23.5 Å². The van der Waals surface area contributed by atoms with Gasteiger partial charge in [0.25, 0.3) is 0 Å². The minimum Gasteiger partial charge on any atom is -0.481 e. The molecule has 2 rings (SSSR count). The summed E-state index contributed by atoms with van der Waals surface area (Å²) in [7, 11) is 0. The Hall–Kier alpha value is -1.16. The van der Waals surface area contributed by atoms with Gasteiger partial charge in [-0.3, -0.25) is 4.79 Å². The van der Waals surface area contributed by atoms with Gasteiger partial charge in [-0.05, 0) is 48.3 Å². The summed E-state index contributed by atoms with van der Waals surface area (Å²) < 4.78 is 0. The predicted molar refractivity (Wildman–Crippen MR) is 75.4 cm³/mol. The molecule has 0 aromatic heterocycles. The number of aliphatic carboxylic acids is 1. The number of nitrogens with one attached hydrogen (secondary N) is 1. The van der Waals surface area contributed by atoms with Crippen LogP contribution in [0.4, 0.5) is 5.69 Å². The Morgan fingerprint density at radius 1 is 1.56 bits per heavy atom. The van der Waals surface area contributed by atoms with E-state index in [1.54, 1.807) is 0 Å². The van der Waals surface area contributed by atoms with Crippen LogP contribution in [0.3, 0.4) is 0 Å². The van der Waals surface area contributed by atoms with Crippen molar-refractivity contribution in [2.75, 3.05) is 17.6 Å². The molecule has 2 N–H and O–H groups in total.